The van der Waals surface area contributed by atoms with Gasteiger partial charge in [-0.05, 0) is 47.1 Å². The maximum atomic E-state index is 11.8. The number of benzene rings is 1. The van der Waals surface area contributed by atoms with Crippen LogP contribution in [0.25, 0.3) is 16.9 Å². The maximum absolute atomic E-state index is 11.8. The number of hydrogen-bond donors (Lipinski definition) is 0. The summed E-state index contributed by atoms with van der Waals surface area (Å²) >= 11 is 9.67. The lowest BCUT2D eigenvalue weighted by atomic mass is 10.1. The Morgan fingerprint density at radius 2 is 2.18 bits per heavy atom. The number of pyridine rings is 1. The molecule has 112 valence electrons. The number of hydrogen-bond acceptors (Lipinski definition) is 3. The van der Waals surface area contributed by atoms with Crippen molar-refractivity contribution in [3.8, 4) is 11.3 Å². The van der Waals surface area contributed by atoms with E-state index in [0.717, 1.165) is 21.4 Å². The number of halogens is 2. The summed E-state index contributed by atoms with van der Waals surface area (Å²) in [5.74, 6) is -0.417. The highest BCUT2D eigenvalue weighted by atomic mass is 79.9. The number of ether oxygens (including phenoxy) is 1. The lowest BCUT2D eigenvalue weighted by Gasteiger charge is -2.07. The highest BCUT2D eigenvalue weighted by Gasteiger charge is 2.14. The normalized spacial score (nSPS) is 10.9. The first kappa shape index (κ1) is 15.1. The molecule has 0 aliphatic rings. The smallest absolute Gasteiger partial charge is 0.339 e. The Labute approximate surface area is 140 Å². The molecule has 3 aromatic rings. The molecule has 1 aromatic carbocycles. The summed E-state index contributed by atoms with van der Waals surface area (Å²) in [6.07, 6.45) is 3.71. The molecule has 0 aliphatic heterocycles. The number of aromatic nitrogens is 2. The first-order valence-corrected chi connectivity index (χ1v) is 7.87. The lowest BCUT2D eigenvalue weighted by molar-refractivity contribution is 0.0526. The SMILES string of the molecule is CCOC(=O)c1ccc(-c2cnc3ccc(Br)cn23)cc1Cl. The number of fused-ring (bicyclic) bond motifs is 1. The van der Waals surface area contributed by atoms with Gasteiger partial charge in [0.2, 0.25) is 0 Å². The van der Waals surface area contributed by atoms with Gasteiger partial charge in [-0.1, -0.05) is 17.7 Å². The van der Waals surface area contributed by atoms with Gasteiger partial charge in [-0.3, -0.25) is 4.40 Å². The van der Waals surface area contributed by atoms with Crippen molar-refractivity contribution in [3.05, 3.63) is 57.8 Å². The van der Waals surface area contributed by atoms with Gasteiger partial charge in [-0.25, -0.2) is 9.78 Å². The molecule has 0 saturated carbocycles. The van der Waals surface area contributed by atoms with Crippen LogP contribution in [0.15, 0.2) is 47.2 Å². The summed E-state index contributed by atoms with van der Waals surface area (Å²) in [4.78, 5) is 16.2. The molecular weight excluding hydrogens is 368 g/mol. The van der Waals surface area contributed by atoms with Crippen LogP contribution in [0.2, 0.25) is 5.02 Å². The lowest BCUT2D eigenvalue weighted by Crippen LogP contribution is -2.05. The van der Waals surface area contributed by atoms with Crippen molar-refractivity contribution in [1.82, 2.24) is 9.38 Å². The highest BCUT2D eigenvalue weighted by Crippen LogP contribution is 2.27. The fourth-order valence-corrected chi connectivity index (χ4v) is 2.81. The predicted octanol–water partition coefficient (Wildman–Crippen LogP) is 4.59. The maximum Gasteiger partial charge on any atom is 0.339 e. The van der Waals surface area contributed by atoms with E-state index in [9.17, 15) is 4.79 Å². The van der Waals surface area contributed by atoms with Crippen LogP contribution in [0.4, 0.5) is 0 Å². The van der Waals surface area contributed by atoms with Crippen LogP contribution in [0.1, 0.15) is 17.3 Å². The molecule has 0 radical (unpaired) electrons. The van der Waals surface area contributed by atoms with E-state index < -0.39 is 5.97 Å². The molecule has 0 amide bonds. The Morgan fingerprint density at radius 1 is 1.36 bits per heavy atom. The minimum absolute atomic E-state index is 0.318. The molecule has 0 fully saturated rings. The molecule has 0 saturated heterocycles. The van der Waals surface area contributed by atoms with Crippen molar-refractivity contribution in [1.29, 1.82) is 0 Å². The molecule has 0 unspecified atom stereocenters. The zero-order valence-corrected chi connectivity index (χ0v) is 14.1. The van der Waals surface area contributed by atoms with Gasteiger partial charge in [0.25, 0.3) is 0 Å². The molecule has 22 heavy (non-hydrogen) atoms. The van der Waals surface area contributed by atoms with Crippen LogP contribution in [0.3, 0.4) is 0 Å². The van der Waals surface area contributed by atoms with Gasteiger partial charge >= 0.3 is 5.97 Å². The van der Waals surface area contributed by atoms with Crippen molar-refractivity contribution in [2.24, 2.45) is 0 Å². The average molecular weight is 380 g/mol. The fourth-order valence-electron chi connectivity index (χ4n) is 2.22. The summed E-state index contributed by atoms with van der Waals surface area (Å²) in [5, 5.41) is 0.362. The predicted molar refractivity (Wildman–Crippen MR) is 89.3 cm³/mol. The monoisotopic (exact) mass is 378 g/mol. The summed E-state index contributed by atoms with van der Waals surface area (Å²) in [6, 6.07) is 9.11. The number of imidazole rings is 1. The number of carbonyl (C=O) groups excluding carboxylic acids is 1. The quantitative estimate of drug-likeness (QED) is 0.625. The molecule has 6 heteroatoms. The third-order valence-corrected chi connectivity index (χ3v) is 4.01. The second kappa shape index (κ2) is 6.10. The molecule has 2 aromatic heterocycles. The van der Waals surface area contributed by atoms with E-state index in [-0.39, 0.29) is 0 Å². The highest BCUT2D eigenvalue weighted by molar-refractivity contribution is 9.10. The Bertz CT molecular complexity index is 860. The Hall–Kier alpha value is -1.85. The van der Waals surface area contributed by atoms with Crippen LogP contribution in [-0.2, 0) is 4.74 Å². The summed E-state index contributed by atoms with van der Waals surface area (Å²) in [7, 11) is 0. The van der Waals surface area contributed by atoms with Crippen LogP contribution >= 0.6 is 27.5 Å². The van der Waals surface area contributed by atoms with Crippen molar-refractivity contribution in [2.45, 2.75) is 6.92 Å². The van der Waals surface area contributed by atoms with Crippen molar-refractivity contribution in [2.75, 3.05) is 6.61 Å². The van der Waals surface area contributed by atoms with Crippen molar-refractivity contribution >= 4 is 39.1 Å². The van der Waals surface area contributed by atoms with Gasteiger partial charge in [-0.2, -0.15) is 0 Å². The van der Waals surface area contributed by atoms with Crippen molar-refractivity contribution in [3.63, 3.8) is 0 Å². The van der Waals surface area contributed by atoms with E-state index in [2.05, 4.69) is 20.9 Å². The third kappa shape index (κ3) is 2.74. The summed E-state index contributed by atoms with van der Waals surface area (Å²) in [5.41, 5.74) is 2.98. The van der Waals surface area contributed by atoms with E-state index in [1.165, 1.54) is 0 Å². The third-order valence-electron chi connectivity index (χ3n) is 3.23. The molecule has 0 N–H and O–H groups in total. The molecule has 3 rings (SSSR count). The molecule has 0 bridgehead atoms. The number of esters is 1. The molecule has 4 nitrogen and oxygen atoms in total. The van der Waals surface area contributed by atoms with E-state index in [4.69, 9.17) is 16.3 Å². The van der Waals surface area contributed by atoms with Gasteiger partial charge in [0.05, 0.1) is 29.1 Å². The first-order valence-electron chi connectivity index (χ1n) is 6.70. The number of carbonyl (C=O) groups is 1. The Kier molecular flexibility index (Phi) is 4.18. The zero-order valence-electron chi connectivity index (χ0n) is 11.7. The van der Waals surface area contributed by atoms with E-state index >= 15 is 0 Å². The van der Waals surface area contributed by atoms with Gasteiger partial charge in [-0.15, -0.1) is 0 Å². The summed E-state index contributed by atoms with van der Waals surface area (Å²) in [6.45, 7) is 2.08. The second-order valence-corrected chi connectivity index (χ2v) is 5.96. The molecule has 0 aliphatic carbocycles. The molecule has 2 heterocycles. The standard InChI is InChI=1S/C16H12BrClN2O2/c1-2-22-16(21)12-5-3-10(7-13(12)18)14-8-19-15-6-4-11(17)9-20(14)15/h3-9H,2H2,1H3. The number of nitrogens with zero attached hydrogens (tertiary/aromatic N) is 2. The first-order chi connectivity index (χ1) is 10.6. The largest absolute Gasteiger partial charge is 0.462 e. The van der Waals surface area contributed by atoms with Gasteiger partial charge in [0.1, 0.15) is 5.65 Å². The van der Waals surface area contributed by atoms with E-state index in [1.54, 1.807) is 25.3 Å². The molecule has 0 spiro atoms. The van der Waals surface area contributed by atoms with Crippen molar-refractivity contribution < 1.29 is 9.53 Å². The zero-order chi connectivity index (χ0) is 15.7. The van der Waals surface area contributed by atoms with E-state index in [0.29, 0.717) is 17.2 Å². The van der Waals surface area contributed by atoms with Crippen LogP contribution in [0, 0.1) is 0 Å². The van der Waals surface area contributed by atoms with Crippen LogP contribution in [-0.4, -0.2) is 22.0 Å². The van der Waals surface area contributed by atoms with Gasteiger partial charge in [0.15, 0.2) is 0 Å². The van der Waals surface area contributed by atoms with Crippen LogP contribution < -0.4 is 0 Å². The van der Waals surface area contributed by atoms with Gasteiger partial charge in [0, 0.05) is 16.2 Å². The second-order valence-electron chi connectivity index (χ2n) is 4.63. The van der Waals surface area contributed by atoms with Crippen LogP contribution in [0.5, 0.6) is 0 Å². The fraction of sp³-hybridized carbons (Fsp3) is 0.125. The minimum atomic E-state index is -0.417. The average Bonchev–Trinajstić information content (AvgIpc) is 2.90. The number of rotatable bonds is 3. The summed E-state index contributed by atoms with van der Waals surface area (Å²) < 4.78 is 7.89. The topological polar surface area (TPSA) is 43.6 Å². The Balaban J connectivity index is 2.06. The minimum Gasteiger partial charge on any atom is -0.462 e. The Morgan fingerprint density at radius 3 is 2.91 bits per heavy atom. The molecular formula is C16H12BrClN2O2. The molecule has 0 atom stereocenters. The van der Waals surface area contributed by atoms with E-state index in [1.807, 2.05) is 28.8 Å². The van der Waals surface area contributed by atoms with Gasteiger partial charge < -0.3 is 4.74 Å².